The smallest absolute Gasteiger partial charge is 0.241 e. The van der Waals surface area contributed by atoms with Gasteiger partial charge in [-0.05, 0) is 23.7 Å². The number of carbonyl (C=O) groups excluding carboxylic acids is 1. The maximum absolute atomic E-state index is 13.6. The third-order valence-electron chi connectivity index (χ3n) is 3.12. The molecule has 2 heterocycles. The lowest BCUT2D eigenvalue weighted by atomic mass is 9.90. The Balaban J connectivity index is 2.09. The molecule has 4 nitrogen and oxygen atoms in total. The first-order valence-electron chi connectivity index (χ1n) is 6.43. The molecule has 0 aliphatic carbocycles. The SMILES string of the molecule is CC(C)(C)c1nnsc1C(=O)c1cc2cccc(F)c2o1. The molecule has 0 bridgehead atoms. The van der Waals surface area contributed by atoms with Crippen molar-refractivity contribution in [3.8, 4) is 0 Å². The van der Waals surface area contributed by atoms with Gasteiger partial charge in [-0.2, -0.15) is 0 Å². The van der Waals surface area contributed by atoms with Crippen LogP contribution in [0.5, 0.6) is 0 Å². The van der Waals surface area contributed by atoms with E-state index in [1.54, 1.807) is 18.2 Å². The molecule has 2 aromatic heterocycles. The molecule has 0 fully saturated rings. The molecule has 0 unspecified atom stereocenters. The molecule has 1 aromatic carbocycles. The first-order chi connectivity index (χ1) is 9.88. The van der Waals surface area contributed by atoms with Crippen LogP contribution in [0.4, 0.5) is 4.39 Å². The van der Waals surface area contributed by atoms with Gasteiger partial charge in [-0.1, -0.05) is 37.4 Å². The molecule has 0 spiro atoms. The van der Waals surface area contributed by atoms with Gasteiger partial charge in [-0.15, -0.1) is 5.10 Å². The Labute approximate surface area is 124 Å². The molecule has 21 heavy (non-hydrogen) atoms. The molecule has 6 heteroatoms. The lowest BCUT2D eigenvalue weighted by Gasteiger charge is -2.15. The summed E-state index contributed by atoms with van der Waals surface area (Å²) in [7, 11) is 0. The lowest BCUT2D eigenvalue weighted by molar-refractivity contribution is 0.101. The zero-order chi connectivity index (χ0) is 15.2. The molecule has 0 radical (unpaired) electrons. The van der Waals surface area contributed by atoms with E-state index in [2.05, 4.69) is 9.59 Å². The minimum Gasteiger partial charge on any atom is -0.449 e. The van der Waals surface area contributed by atoms with E-state index in [1.165, 1.54) is 6.07 Å². The molecular formula is C15H13FN2O2S. The summed E-state index contributed by atoms with van der Waals surface area (Å²) >= 11 is 1.03. The number of carbonyl (C=O) groups is 1. The number of halogens is 1. The van der Waals surface area contributed by atoms with Gasteiger partial charge in [0.2, 0.25) is 5.78 Å². The summed E-state index contributed by atoms with van der Waals surface area (Å²) in [5.74, 6) is -0.692. The Morgan fingerprint density at radius 2 is 2.10 bits per heavy atom. The third-order valence-corrected chi connectivity index (χ3v) is 3.85. The van der Waals surface area contributed by atoms with Crippen LogP contribution in [0, 0.1) is 5.82 Å². The highest BCUT2D eigenvalue weighted by molar-refractivity contribution is 7.08. The Hall–Kier alpha value is -2.08. The molecule has 0 amide bonds. The first kappa shape index (κ1) is 13.9. The highest BCUT2D eigenvalue weighted by Gasteiger charge is 2.28. The van der Waals surface area contributed by atoms with Crippen molar-refractivity contribution in [1.82, 2.24) is 9.59 Å². The minimum absolute atomic E-state index is 0.0932. The van der Waals surface area contributed by atoms with Gasteiger partial charge < -0.3 is 4.42 Å². The average Bonchev–Trinajstić information content (AvgIpc) is 3.04. The fraction of sp³-hybridized carbons (Fsp3) is 0.267. The average molecular weight is 304 g/mol. The van der Waals surface area contributed by atoms with Crippen molar-refractivity contribution in [2.24, 2.45) is 0 Å². The highest BCUT2D eigenvalue weighted by atomic mass is 32.1. The van der Waals surface area contributed by atoms with Gasteiger partial charge in [0.15, 0.2) is 17.2 Å². The van der Waals surface area contributed by atoms with E-state index in [0.717, 1.165) is 11.5 Å². The van der Waals surface area contributed by atoms with E-state index < -0.39 is 5.82 Å². The summed E-state index contributed by atoms with van der Waals surface area (Å²) in [4.78, 5) is 13.0. The molecule has 0 aliphatic rings. The lowest BCUT2D eigenvalue weighted by Crippen LogP contribution is -2.16. The maximum Gasteiger partial charge on any atom is 0.241 e. The van der Waals surface area contributed by atoms with Gasteiger partial charge in [0.25, 0.3) is 0 Å². The van der Waals surface area contributed by atoms with Crippen LogP contribution in [-0.2, 0) is 5.41 Å². The van der Waals surface area contributed by atoms with Gasteiger partial charge in [0, 0.05) is 10.8 Å². The molecular weight excluding hydrogens is 291 g/mol. The van der Waals surface area contributed by atoms with Gasteiger partial charge in [-0.3, -0.25) is 4.79 Å². The second kappa shape index (κ2) is 4.73. The maximum atomic E-state index is 13.6. The number of fused-ring (bicyclic) bond motifs is 1. The highest BCUT2D eigenvalue weighted by Crippen LogP contribution is 2.30. The van der Waals surface area contributed by atoms with E-state index >= 15 is 0 Å². The predicted molar refractivity (Wildman–Crippen MR) is 78.2 cm³/mol. The number of ketones is 1. The largest absolute Gasteiger partial charge is 0.449 e. The third kappa shape index (κ3) is 2.35. The summed E-state index contributed by atoms with van der Waals surface area (Å²) in [6.45, 7) is 5.87. The molecule has 0 saturated heterocycles. The van der Waals surface area contributed by atoms with Gasteiger partial charge >= 0.3 is 0 Å². The quantitative estimate of drug-likeness (QED) is 0.673. The molecule has 0 N–H and O–H groups in total. The van der Waals surface area contributed by atoms with Gasteiger partial charge in [-0.25, -0.2) is 4.39 Å². The molecule has 0 aliphatic heterocycles. The van der Waals surface area contributed by atoms with Crippen molar-refractivity contribution < 1.29 is 13.6 Å². The van der Waals surface area contributed by atoms with Crippen molar-refractivity contribution in [3.05, 3.63) is 46.4 Å². The Morgan fingerprint density at radius 3 is 2.76 bits per heavy atom. The van der Waals surface area contributed by atoms with Crippen molar-refractivity contribution in [3.63, 3.8) is 0 Å². The number of rotatable bonds is 2. The topological polar surface area (TPSA) is 56.0 Å². The predicted octanol–water partition coefficient (Wildman–Crippen LogP) is 3.95. The number of nitrogens with zero attached hydrogens (tertiary/aromatic N) is 2. The summed E-state index contributed by atoms with van der Waals surface area (Å²) in [5, 5.41) is 4.60. The zero-order valence-corrected chi connectivity index (χ0v) is 12.6. The van der Waals surface area contributed by atoms with Crippen LogP contribution in [0.15, 0.2) is 28.7 Å². The summed E-state index contributed by atoms with van der Waals surface area (Å²) in [6, 6.07) is 6.13. The summed E-state index contributed by atoms with van der Waals surface area (Å²) in [6.07, 6.45) is 0. The van der Waals surface area contributed by atoms with Crippen molar-refractivity contribution in [1.29, 1.82) is 0 Å². The van der Waals surface area contributed by atoms with Crippen LogP contribution in [-0.4, -0.2) is 15.4 Å². The zero-order valence-electron chi connectivity index (χ0n) is 11.8. The first-order valence-corrected chi connectivity index (χ1v) is 7.21. The van der Waals surface area contributed by atoms with Gasteiger partial charge in [0.05, 0.1) is 5.69 Å². The van der Waals surface area contributed by atoms with Crippen LogP contribution in [0.3, 0.4) is 0 Å². The number of hydrogen-bond acceptors (Lipinski definition) is 5. The fourth-order valence-corrected chi connectivity index (χ4v) is 2.90. The van der Waals surface area contributed by atoms with E-state index in [9.17, 15) is 9.18 Å². The van der Waals surface area contributed by atoms with Crippen molar-refractivity contribution in [2.75, 3.05) is 0 Å². The monoisotopic (exact) mass is 304 g/mol. The van der Waals surface area contributed by atoms with Crippen molar-refractivity contribution in [2.45, 2.75) is 26.2 Å². The number of aromatic nitrogens is 2. The van der Waals surface area contributed by atoms with Crippen molar-refractivity contribution >= 4 is 28.3 Å². The number of furan rings is 1. The fourth-order valence-electron chi connectivity index (χ4n) is 2.08. The Morgan fingerprint density at radius 1 is 1.33 bits per heavy atom. The van der Waals surface area contributed by atoms with Crippen LogP contribution in [0.2, 0.25) is 0 Å². The molecule has 3 rings (SSSR count). The second-order valence-electron chi connectivity index (χ2n) is 5.80. The molecule has 108 valence electrons. The van der Waals surface area contributed by atoms with Crippen LogP contribution < -0.4 is 0 Å². The molecule has 0 atom stereocenters. The standard InChI is InChI=1S/C15H13FN2O2S/c1-15(2,3)14-13(21-18-17-14)11(19)10-7-8-5-4-6-9(16)12(8)20-10/h4-7H,1-3H3. The van der Waals surface area contributed by atoms with Crippen LogP contribution in [0.1, 0.15) is 41.9 Å². The molecule has 0 saturated carbocycles. The van der Waals surface area contributed by atoms with E-state index in [1.807, 2.05) is 20.8 Å². The Kier molecular flexibility index (Phi) is 3.13. The summed E-state index contributed by atoms with van der Waals surface area (Å²) in [5.41, 5.74) is 0.420. The summed E-state index contributed by atoms with van der Waals surface area (Å²) < 4.78 is 22.9. The van der Waals surface area contributed by atoms with E-state index in [-0.39, 0.29) is 22.5 Å². The minimum atomic E-state index is -0.481. The molecule has 3 aromatic rings. The normalized spacial score (nSPS) is 12.0. The number of benzene rings is 1. The number of hydrogen-bond donors (Lipinski definition) is 0. The van der Waals surface area contributed by atoms with Gasteiger partial charge in [0.1, 0.15) is 4.88 Å². The number of para-hydroxylation sites is 1. The van der Waals surface area contributed by atoms with E-state index in [4.69, 9.17) is 4.42 Å². The Bertz CT molecular complexity index is 830. The van der Waals surface area contributed by atoms with Crippen LogP contribution in [0.25, 0.3) is 11.0 Å². The second-order valence-corrected chi connectivity index (χ2v) is 6.55. The van der Waals surface area contributed by atoms with Crippen LogP contribution >= 0.6 is 11.5 Å². The van der Waals surface area contributed by atoms with E-state index in [0.29, 0.717) is 16.0 Å².